The van der Waals surface area contributed by atoms with Crippen LogP contribution in [0.3, 0.4) is 0 Å². The minimum absolute atomic E-state index is 0. The monoisotopic (exact) mass is 256 g/mol. The fourth-order valence-electron chi connectivity index (χ4n) is 1.01. The zero-order valence-corrected chi connectivity index (χ0v) is 12.7. The number of hydrogen-bond acceptors (Lipinski definition) is 4. The van der Waals surface area contributed by atoms with Gasteiger partial charge in [0.25, 0.3) is 10.4 Å². The summed E-state index contributed by atoms with van der Waals surface area (Å²) in [7, 11) is -4.60. The van der Waals surface area contributed by atoms with Crippen molar-refractivity contribution < 1.29 is 46.7 Å². The van der Waals surface area contributed by atoms with E-state index in [0.29, 0.717) is 0 Å². The van der Waals surface area contributed by atoms with E-state index in [0.717, 1.165) is 19.1 Å². The van der Waals surface area contributed by atoms with Crippen LogP contribution in [0.1, 0.15) is 39.0 Å². The van der Waals surface area contributed by atoms with Crippen LogP contribution in [0.25, 0.3) is 0 Å². The van der Waals surface area contributed by atoms with Gasteiger partial charge in [0.05, 0.1) is 0 Å². The maximum Gasteiger partial charge on any atom is 1.00 e. The average Bonchev–Trinajstić information content (AvgIpc) is 2.14. The Morgan fingerprint density at radius 2 is 1.88 bits per heavy atom. The normalized spacial score (nSPS) is 11.9. The summed E-state index contributed by atoms with van der Waals surface area (Å²) in [6, 6.07) is 0. The zero-order chi connectivity index (χ0) is 11.6. The summed E-state index contributed by atoms with van der Waals surface area (Å²) in [5.41, 5.74) is 0. The molecule has 0 unspecified atom stereocenters. The molecule has 0 atom stereocenters. The van der Waals surface area contributed by atoms with Crippen LogP contribution in [0.5, 0.6) is 0 Å². The van der Waals surface area contributed by atoms with Gasteiger partial charge in [0.2, 0.25) is 0 Å². The van der Waals surface area contributed by atoms with Gasteiger partial charge in [0, 0.05) is 0 Å². The van der Waals surface area contributed by atoms with Crippen molar-refractivity contribution in [2.45, 2.75) is 39.0 Å². The first-order valence-corrected chi connectivity index (χ1v) is 6.35. The molecule has 0 bridgehead atoms. The fraction of sp³-hybridized carbons (Fsp3) is 0.600. The van der Waals surface area contributed by atoms with E-state index in [-0.39, 0.29) is 29.6 Å². The Hall–Kier alpha value is 0.190. The molecular formula is C10H17NaO4S. The first kappa shape index (κ1) is 18.6. The zero-order valence-electron chi connectivity index (χ0n) is 9.89. The molecule has 0 saturated carbocycles. The van der Waals surface area contributed by atoms with Crippen LogP contribution in [0, 0.1) is 0 Å². The third-order valence-corrected chi connectivity index (χ3v) is 2.07. The predicted octanol–water partition coefficient (Wildman–Crippen LogP) is -0.492. The second-order valence-corrected chi connectivity index (χ2v) is 4.12. The number of unbranched alkanes of at least 4 members (excludes halogenated alkanes) is 4. The van der Waals surface area contributed by atoms with E-state index < -0.39 is 10.4 Å². The molecule has 0 N–H and O–H groups in total. The summed E-state index contributed by atoms with van der Waals surface area (Å²) in [6.07, 6.45) is 11.5. The van der Waals surface area contributed by atoms with Crippen molar-refractivity contribution in [1.29, 1.82) is 0 Å². The van der Waals surface area contributed by atoms with Gasteiger partial charge in [-0.2, -0.15) is 0 Å². The third-order valence-electron chi connectivity index (χ3n) is 1.72. The maximum absolute atomic E-state index is 9.99. The van der Waals surface area contributed by atoms with Gasteiger partial charge in [-0.25, -0.2) is 8.42 Å². The molecule has 0 radical (unpaired) electrons. The van der Waals surface area contributed by atoms with E-state index in [2.05, 4.69) is 11.1 Å². The molecular weight excluding hydrogens is 239 g/mol. The van der Waals surface area contributed by atoms with Crippen molar-refractivity contribution in [3.8, 4) is 0 Å². The Kier molecular flexibility index (Phi) is 13.5. The summed E-state index contributed by atoms with van der Waals surface area (Å²) in [5.74, 6) is 0. The minimum atomic E-state index is -4.60. The topological polar surface area (TPSA) is 66.4 Å². The molecule has 88 valence electrons. The van der Waals surface area contributed by atoms with Crippen LogP contribution in [0.4, 0.5) is 0 Å². The van der Waals surface area contributed by atoms with E-state index >= 15 is 0 Å². The SMILES string of the molecule is CCCCCCC=CC=COS(=O)(=O)[O-].[Na+]. The van der Waals surface area contributed by atoms with E-state index in [1.54, 1.807) is 6.08 Å². The van der Waals surface area contributed by atoms with E-state index in [1.807, 2.05) is 6.08 Å². The van der Waals surface area contributed by atoms with Crippen molar-refractivity contribution in [1.82, 2.24) is 0 Å². The molecule has 0 heterocycles. The Morgan fingerprint density at radius 3 is 2.44 bits per heavy atom. The Balaban J connectivity index is 0. The molecule has 0 amide bonds. The van der Waals surface area contributed by atoms with Crippen LogP contribution in [-0.2, 0) is 14.6 Å². The molecule has 16 heavy (non-hydrogen) atoms. The summed E-state index contributed by atoms with van der Waals surface area (Å²) in [4.78, 5) is 0. The van der Waals surface area contributed by atoms with Gasteiger partial charge in [-0.05, 0) is 18.9 Å². The van der Waals surface area contributed by atoms with Crippen LogP contribution < -0.4 is 29.6 Å². The van der Waals surface area contributed by atoms with Crippen molar-refractivity contribution in [2.75, 3.05) is 0 Å². The standard InChI is InChI=1S/C10H18O4S.Na/c1-2-3-4-5-6-7-8-9-10-14-15(11,12)13;/h7-10H,2-6H2,1H3,(H,11,12,13);/q;+1/p-1. The van der Waals surface area contributed by atoms with Crippen molar-refractivity contribution in [3.05, 3.63) is 24.5 Å². The Labute approximate surface area is 120 Å². The smallest absolute Gasteiger partial charge is 0.716 e. The average molecular weight is 256 g/mol. The van der Waals surface area contributed by atoms with Crippen molar-refractivity contribution in [3.63, 3.8) is 0 Å². The summed E-state index contributed by atoms with van der Waals surface area (Å²) in [5, 5.41) is 0. The van der Waals surface area contributed by atoms with Gasteiger partial charge < -0.3 is 8.74 Å². The number of rotatable bonds is 8. The molecule has 4 nitrogen and oxygen atoms in total. The molecule has 0 fully saturated rings. The van der Waals surface area contributed by atoms with Crippen molar-refractivity contribution in [2.24, 2.45) is 0 Å². The van der Waals surface area contributed by atoms with E-state index in [1.165, 1.54) is 25.3 Å². The van der Waals surface area contributed by atoms with Crippen LogP contribution in [-0.4, -0.2) is 13.0 Å². The molecule has 0 saturated heterocycles. The van der Waals surface area contributed by atoms with Gasteiger partial charge in [-0.1, -0.05) is 38.3 Å². The second kappa shape index (κ2) is 11.7. The first-order valence-electron chi connectivity index (χ1n) is 5.02. The van der Waals surface area contributed by atoms with Crippen LogP contribution in [0.15, 0.2) is 24.5 Å². The summed E-state index contributed by atoms with van der Waals surface area (Å²) >= 11 is 0. The van der Waals surface area contributed by atoms with Crippen molar-refractivity contribution >= 4 is 10.4 Å². The van der Waals surface area contributed by atoms with Gasteiger partial charge in [0.1, 0.15) is 6.26 Å². The Morgan fingerprint density at radius 1 is 1.19 bits per heavy atom. The fourth-order valence-corrected chi connectivity index (χ4v) is 1.21. The molecule has 0 aliphatic carbocycles. The molecule has 0 aliphatic heterocycles. The second-order valence-electron chi connectivity index (χ2n) is 3.11. The minimum Gasteiger partial charge on any atom is -0.716 e. The molecule has 0 aromatic rings. The quantitative estimate of drug-likeness (QED) is 0.147. The van der Waals surface area contributed by atoms with Gasteiger partial charge in [0.15, 0.2) is 0 Å². The molecule has 0 aromatic carbocycles. The maximum atomic E-state index is 9.99. The molecule has 6 heteroatoms. The van der Waals surface area contributed by atoms with E-state index in [4.69, 9.17) is 0 Å². The third kappa shape index (κ3) is 16.6. The largest absolute Gasteiger partial charge is 1.00 e. The van der Waals surface area contributed by atoms with Gasteiger partial charge >= 0.3 is 29.6 Å². The molecule has 0 aromatic heterocycles. The van der Waals surface area contributed by atoms with Gasteiger partial charge in [-0.15, -0.1) is 0 Å². The van der Waals surface area contributed by atoms with Gasteiger partial charge in [-0.3, -0.25) is 0 Å². The predicted molar refractivity (Wildman–Crippen MR) is 57.8 cm³/mol. The molecule has 0 spiro atoms. The molecule has 0 aliphatic rings. The Bertz CT molecular complexity index is 296. The van der Waals surface area contributed by atoms with Crippen LogP contribution >= 0.6 is 0 Å². The van der Waals surface area contributed by atoms with Crippen LogP contribution in [0.2, 0.25) is 0 Å². The number of hydrogen-bond donors (Lipinski definition) is 0. The number of allylic oxidation sites excluding steroid dienone is 3. The first-order chi connectivity index (χ1) is 7.06. The van der Waals surface area contributed by atoms with E-state index in [9.17, 15) is 13.0 Å². The summed E-state index contributed by atoms with van der Waals surface area (Å²) in [6.45, 7) is 2.15. The molecule has 0 rings (SSSR count). The summed E-state index contributed by atoms with van der Waals surface area (Å²) < 4.78 is 33.8.